The summed E-state index contributed by atoms with van der Waals surface area (Å²) in [5.41, 5.74) is 10.6. The number of fused-ring (bicyclic) bond motifs is 1. The molecule has 0 spiro atoms. The molecular formula is C21H22N4OS. The second-order valence-electron chi connectivity index (χ2n) is 6.96. The van der Waals surface area contributed by atoms with E-state index < -0.39 is 5.91 Å². The minimum Gasteiger partial charge on any atom is -0.366 e. The van der Waals surface area contributed by atoms with Gasteiger partial charge in [-0.15, -0.1) is 11.3 Å². The van der Waals surface area contributed by atoms with Crippen molar-refractivity contribution in [1.29, 1.82) is 0 Å². The molecule has 0 bridgehead atoms. The van der Waals surface area contributed by atoms with Gasteiger partial charge in [0.2, 0.25) is 5.91 Å². The lowest BCUT2D eigenvalue weighted by atomic mass is 9.85. The highest BCUT2D eigenvalue weighted by Crippen LogP contribution is 2.37. The largest absolute Gasteiger partial charge is 0.366 e. The van der Waals surface area contributed by atoms with Gasteiger partial charge in [-0.2, -0.15) is 0 Å². The molecule has 1 aliphatic rings. The lowest BCUT2D eigenvalue weighted by Crippen LogP contribution is -2.17. The summed E-state index contributed by atoms with van der Waals surface area (Å²) in [4.78, 5) is 22.9. The Morgan fingerprint density at radius 1 is 1.30 bits per heavy atom. The number of nitrogens with zero attached hydrogens (tertiary/aromatic N) is 3. The lowest BCUT2D eigenvalue weighted by Gasteiger charge is -2.23. The Balaban J connectivity index is 1.50. The van der Waals surface area contributed by atoms with Gasteiger partial charge in [-0.3, -0.25) is 9.78 Å². The minimum atomic E-state index is -0.402. The van der Waals surface area contributed by atoms with Gasteiger partial charge in [0.1, 0.15) is 0 Å². The first-order valence-corrected chi connectivity index (χ1v) is 9.99. The molecule has 1 atom stereocenters. The van der Waals surface area contributed by atoms with Gasteiger partial charge in [0, 0.05) is 36.7 Å². The van der Waals surface area contributed by atoms with Crippen LogP contribution in [0.5, 0.6) is 0 Å². The second kappa shape index (κ2) is 7.48. The van der Waals surface area contributed by atoms with Gasteiger partial charge in [-0.25, -0.2) is 4.98 Å². The number of amides is 1. The highest BCUT2D eigenvalue weighted by atomic mass is 32.1. The molecule has 1 aromatic carbocycles. The zero-order valence-electron chi connectivity index (χ0n) is 15.3. The van der Waals surface area contributed by atoms with Crippen LogP contribution in [0.1, 0.15) is 51.6 Å². The molecule has 138 valence electrons. The van der Waals surface area contributed by atoms with E-state index in [1.807, 2.05) is 31.4 Å². The Bertz CT molecular complexity index is 951. The van der Waals surface area contributed by atoms with Crippen LogP contribution in [0, 0.1) is 0 Å². The molecule has 0 saturated carbocycles. The Morgan fingerprint density at radius 3 is 2.89 bits per heavy atom. The standard InChI is InChI=1S/C21H22N4OS/c1-25(12-14-7-9-16(10-8-14)20(22)26)21-24-18(13-27-21)17-6-2-4-15-5-3-11-23-19(15)17/h3,5,7-11,13,17H,2,4,6,12H2,1H3,(H2,22,26). The quantitative estimate of drug-likeness (QED) is 0.734. The van der Waals surface area contributed by atoms with Crippen molar-refractivity contribution in [3.63, 3.8) is 0 Å². The summed E-state index contributed by atoms with van der Waals surface area (Å²) in [7, 11) is 2.04. The Kier molecular flexibility index (Phi) is 4.90. The Labute approximate surface area is 162 Å². The number of nitrogens with two attached hydrogens (primary N) is 1. The molecule has 3 aromatic rings. The predicted octanol–water partition coefficient (Wildman–Crippen LogP) is 3.74. The van der Waals surface area contributed by atoms with E-state index in [0.29, 0.717) is 11.5 Å². The molecule has 6 heteroatoms. The molecule has 2 aromatic heterocycles. The van der Waals surface area contributed by atoms with Crippen LogP contribution in [0.4, 0.5) is 5.13 Å². The van der Waals surface area contributed by atoms with Crippen LogP contribution < -0.4 is 10.6 Å². The number of hydrogen-bond acceptors (Lipinski definition) is 5. The third-order valence-corrected chi connectivity index (χ3v) is 6.02. The number of primary amides is 1. The van der Waals surface area contributed by atoms with Crippen molar-refractivity contribution in [1.82, 2.24) is 9.97 Å². The maximum atomic E-state index is 11.2. The topological polar surface area (TPSA) is 72.1 Å². The predicted molar refractivity (Wildman–Crippen MR) is 108 cm³/mol. The fourth-order valence-corrected chi connectivity index (χ4v) is 4.47. The molecule has 0 saturated heterocycles. The van der Waals surface area contributed by atoms with Gasteiger partial charge in [-0.05, 0) is 48.6 Å². The zero-order chi connectivity index (χ0) is 18.8. The second-order valence-corrected chi connectivity index (χ2v) is 7.80. The Hall–Kier alpha value is -2.73. The van der Waals surface area contributed by atoms with Gasteiger partial charge in [0.25, 0.3) is 0 Å². The Morgan fingerprint density at radius 2 is 2.11 bits per heavy atom. The maximum absolute atomic E-state index is 11.2. The molecule has 1 unspecified atom stereocenters. The molecule has 2 heterocycles. The van der Waals surface area contributed by atoms with Crippen LogP contribution >= 0.6 is 11.3 Å². The molecule has 0 aliphatic heterocycles. The zero-order valence-corrected chi connectivity index (χ0v) is 16.1. The smallest absolute Gasteiger partial charge is 0.248 e. The summed E-state index contributed by atoms with van der Waals surface area (Å²) in [6.45, 7) is 0.728. The van der Waals surface area contributed by atoms with Gasteiger partial charge < -0.3 is 10.6 Å². The molecule has 5 nitrogen and oxygen atoms in total. The van der Waals surface area contributed by atoms with E-state index in [2.05, 4.69) is 21.3 Å². The van der Waals surface area contributed by atoms with Gasteiger partial charge in [-0.1, -0.05) is 18.2 Å². The normalized spacial score (nSPS) is 16.0. The fraction of sp³-hybridized carbons (Fsp3) is 0.286. The molecule has 2 N–H and O–H groups in total. The minimum absolute atomic E-state index is 0.295. The first-order valence-electron chi connectivity index (χ1n) is 9.11. The van der Waals surface area contributed by atoms with Crippen molar-refractivity contribution in [2.24, 2.45) is 5.73 Å². The van der Waals surface area contributed by atoms with E-state index in [1.165, 1.54) is 17.7 Å². The van der Waals surface area contributed by atoms with Crippen LogP contribution in [-0.4, -0.2) is 22.9 Å². The molecule has 27 heavy (non-hydrogen) atoms. The first-order chi connectivity index (χ1) is 13.1. The molecule has 0 radical (unpaired) electrons. The maximum Gasteiger partial charge on any atom is 0.248 e. The van der Waals surface area contributed by atoms with E-state index in [1.54, 1.807) is 23.5 Å². The monoisotopic (exact) mass is 378 g/mol. The van der Waals surface area contributed by atoms with E-state index in [0.717, 1.165) is 35.8 Å². The fourth-order valence-electron chi connectivity index (χ4n) is 3.62. The van der Waals surface area contributed by atoms with Crippen molar-refractivity contribution < 1.29 is 4.79 Å². The van der Waals surface area contributed by atoms with Crippen molar-refractivity contribution in [3.05, 3.63) is 76.1 Å². The van der Waals surface area contributed by atoms with Crippen molar-refractivity contribution in [2.45, 2.75) is 31.7 Å². The van der Waals surface area contributed by atoms with Gasteiger partial charge in [0.15, 0.2) is 5.13 Å². The third-order valence-electron chi connectivity index (χ3n) is 5.05. The number of aryl methyl sites for hydroxylation is 1. The molecule has 0 fully saturated rings. The number of aromatic nitrogens is 2. The van der Waals surface area contributed by atoms with Crippen LogP contribution in [0.25, 0.3) is 0 Å². The number of benzene rings is 1. The number of hydrogen-bond donors (Lipinski definition) is 1. The summed E-state index contributed by atoms with van der Waals surface area (Å²) in [6, 6.07) is 11.6. The summed E-state index contributed by atoms with van der Waals surface area (Å²) < 4.78 is 0. The van der Waals surface area contributed by atoms with Gasteiger partial charge in [0.05, 0.1) is 11.4 Å². The number of rotatable bonds is 5. The van der Waals surface area contributed by atoms with Crippen LogP contribution in [0.3, 0.4) is 0 Å². The van der Waals surface area contributed by atoms with E-state index in [-0.39, 0.29) is 0 Å². The summed E-state index contributed by atoms with van der Waals surface area (Å²) >= 11 is 1.67. The highest BCUT2D eigenvalue weighted by Gasteiger charge is 2.25. The number of carbonyl (C=O) groups is 1. The number of thiazole rings is 1. The average molecular weight is 379 g/mol. The molecule has 1 amide bonds. The summed E-state index contributed by atoms with van der Waals surface area (Å²) in [5, 5.41) is 3.16. The summed E-state index contributed by atoms with van der Waals surface area (Å²) in [6.07, 6.45) is 5.27. The van der Waals surface area contributed by atoms with Crippen molar-refractivity contribution in [2.75, 3.05) is 11.9 Å². The van der Waals surface area contributed by atoms with Gasteiger partial charge >= 0.3 is 0 Å². The third kappa shape index (κ3) is 3.71. The molecule has 1 aliphatic carbocycles. The highest BCUT2D eigenvalue weighted by molar-refractivity contribution is 7.13. The van der Waals surface area contributed by atoms with E-state index >= 15 is 0 Å². The molecule has 4 rings (SSSR count). The SMILES string of the molecule is CN(Cc1ccc(C(N)=O)cc1)c1nc(C2CCCc3cccnc32)cs1. The lowest BCUT2D eigenvalue weighted by molar-refractivity contribution is 0.100. The van der Waals surface area contributed by atoms with E-state index in [4.69, 9.17) is 10.7 Å². The van der Waals surface area contributed by atoms with E-state index in [9.17, 15) is 4.79 Å². The van der Waals surface area contributed by atoms with Crippen molar-refractivity contribution in [3.8, 4) is 0 Å². The number of carbonyl (C=O) groups excluding carboxylic acids is 1. The van der Waals surface area contributed by atoms with Crippen LogP contribution in [0.15, 0.2) is 48.0 Å². The summed E-state index contributed by atoms with van der Waals surface area (Å²) in [5.74, 6) is -0.107. The van der Waals surface area contributed by atoms with Crippen LogP contribution in [-0.2, 0) is 13.0 Å². The van der Waals surface area contributed by atoms with Crippen molar-refractivity contribution >= 4 is 22.4 Å². The molecular weight excluding hydrogens is 356 g/mol. The van der Waals surface area contributed by atoms with Crippen LogP contribution in [0.2, 0.25) is 0 Å². The first kappa shape index (κ1) is 17.7. The number of anilines is 1. The number of pyridine rings is 1. The average Bonchev–Trinajstić information content (AvgIpc) is 3.18.